The van der Waals surface area contributed by atoms with Gasteiger partial charge in [-0.25, -0.2) is 4.99 Å². The van der Waals surface area contributed by atoms with Crippen molar-refractivity contribution >= 4 is 11.9 Å². The van der Waals surface area contributed by atoms with E-state index in [4.69, 9.17) is 0 Å². The zero-order valence-electron chi connectivity index (χ0n) is 17.5. The van der Waals surface area contributed by atoms with Gasteiger partial charge in [-0.3, -0.25) is 4.79 Å². The van der Waals surface area contributed by atoms with E-state index < -0.39 is 23.2 Å². The summed E-state index contributed by atoms with van der Waals surface area (Å²) in [6.07, 6.45) is -4.44. The molecule has 9 heteroatoms. The van der Waals surface area contributed by atoms with Gasteiger partial charge in [-0.05, 0) is 43.7 Å². The summed E-state index contributed by atoms with van der Waals surface area (Å²) in [4.78, 5) is 16.5. The number of alkyl halides is 3. The van der Waals surface area contributed by atoms with Crippen molar-refractivity contribution in [1.82, 2.24) is 16.0 Å². The van der Waals surface area contributed by atoms with Gasteiger partial charge >= 0.3 is 6.18 Å². The largest absolute Gasteiger partial charge is 0.416 e. The van der Waals surface area contributed by atoms with E-state index in [1.807, 2.05) is 37.3 Å². The summed E-state index contributed by atoms with van der Waals surface area (Å²) in [5.74, 6) is 0.00644. The highest BCUT2D eigenvalue weighted by Crippen LogP contribution is 2.29. The van der Waals surface area contributed by atoms with Crippen LogP contribution in [-0.4, -0.2) is 43.2 Å². The molecule has 0 bridgehead atoms. The number of guanidine groups is 1. The Balaban J connectivity index is 1.85. The molecule has 4 N–H and O–H groups in total. The smallest absolute Gasteiger partial charge is 0.384 e. The molecule has 0 saturated carbocycles. The maximum absolute atomic E-state index is 12.6. The third-order valence-corrected chi connectivity index (χ3v) is 4.46. The van der Waals surface area contributed by atoms with Gasteiger partial charge in [0, 0.05) is 25.2 Å². The Hall–Kier alpha value is -3.07. The number of hydrogen-bond donors (Lipinski definition) is 4. The van der Waals surface area contributed by atoms with Crippen molar-refractivity contribution in [3.05, 3.63) is 71.3 Å². The number of benzene rings is 2. The topological polar surface area (TPSA) is 85.8 Å². The lowest BCUT2D eigenvalue weighted by atomic mass is 9.96. The lowest BCUT2D eigenvalue weighted by Crippen LogP contribution is -2.42. The summed E-state index contributed by atoms with van der Waals surface area (Å²) in [7, 11) is 0. The van der Waals surface area contributed by atoms with Gasteiger partial charge in [-0.1, -0.05) is 30.3 Å². The number of nitrogens with one attached hydrogen (secondary N) is 3. The van der Waals surface area contributed by atoms with Gasteiger partial charge in [-0.2, -0.15) is 13.2 Å². The highest BCUT2D eigenvalue weighted by molar-refractivity contribution is 5.94. The summed E-state index contributed by atoms with van der Waals surface area (Å²) in [6, 6.07) is 13.2. The first-order valence-electron chi connectivity index (χ1n) is 9.89. The maximum Gasteiger partial charge on any atom is 0.416 e. The van der Waals surface area contributed by atoms with E-state index in [0.29, 0.717) is 19.0 Å². The molecule has 6 nitrogen and oxygen atoms in total. The molecule has 0 aliphatic rings. The zero-order chi connectivity index (χ0) is 22.9. The minimum Gasteiger partial charge on any atom is -0.384 e. The van der Waals surface area contributed by atoms with E-state index in [-0.39, 0.29) is 18.7 Å². The van der Waals surface area contributed by atoms with Gasteiger partial charge in [0.1, 0.15) is 5.60 Å². The van der Waals surface area contributed by atoms with Crippen LogP contribution in [0.25, 0.3) is 0 Å². The third-order valence-electron chi connectivity index (χ3n) is 4.46. The van der Waals surface area contributed by atoms with Crippen LogP contribution in [0.5, 0.6) is 0 Å². The molecule has 1 atom stereocenters. The molecule has 0 aliphatic heterocycles. The van der Waals surface area contributed by atoms with Crippen LogP contribution in [0.3, 0.4) is 0 Å². The number of rotatable bonds is 8. The normalized spacial score (nSPS) is 13.9. The lowest BCUT2D eigenvalue weighted by Gasteiger charge is -2.22. The molecule has 0 fully saturated rings. The molecule has 1 unspecified atom stereocenters. The van der Waals surface area contributed by atoms with E-state index in [0.717, 1.165) is 29.8 Å². The molecular weight excluding hydrogens is 409 g/mol. The molecule has 31 heavy (non-hydrogen) atoms. The van der Waals surface area contributed by atoms with Gasteiger partial charge in [0.2, 0.25) is 0 Å². The predicted octanol–water partition coefficient (Wildman–Crippen LogP) is 2.90. The number of carbonyl (C=O) groups is 1. The first-order valence-corrected chi connectivity index (χ1v) is 9.89. The average Bonchev–Trinajstić information content (AvgIpc) is 2.75. The maximum atomic E-state index is 12.6. The molecule has 2 aromatic carbocycles. The van der Waals surface area contributed by atoms with Crippen LogP contribution in [0.4, 0.5) is 13.2 Å². The highest BCUT2D eigenvalue weighted by Gasteiger charge is 2.30. The van der Waals surface area contributed by atoms with Gasteiger partial charge in [0.15, 0.2) is 5.96 Å². The van der Waals surface area contributed by atoms with Crippen molar-refractivity contribution in [2.75, 3.05) is 26.2 Å². The Morgan fingerprint density at radius 2 is 1.55 bits per heavy atom. The Morgan fingerprint density at radius 1 is 0.935 bits per heavy atom. The molecule has 168 valence electrons. The first kappa shape index (κ1) is 24.2. The Kier molecular flexibility index (Phi) is 8.44. The molecule has 0 saturated heterocycles. The Labute approximate surface area is 179 Å². The van der Waals surface area contributed by atoms with Crippen LogP contribution in [0.1, 0.15) is 35.3 Å². The second-order valence-electron chi connectivity index (χ2n) is 7.09. The fraction of sp³-hybridized carbons (Fsp3) is 0.364. The molecule has 0 aliphatic carbocycles. The van der Waals surface area contributed by atoms with Gasteiger partial charge < -0.3 is 21.1 Å². The minimum atomic E-state index is -4.44. The van der Waals surface area contributed by atoms with Gasteiger partial charge in [0.25, 0.3) is 5.91 Å². The fourth-order valence-electron chi connectivity index (χ4n) is 2.73. The highest BCUT2D eigenvalue weighted by atomic mass is 19.4. The summed E-state index contributed by atoms with van der Waals surface area (Å²) in [5, 5.41) is 19.4. The van der Waals surface area contributed by atoms with Crippen molar-refractivity contribution in [3.63, 3.8) is 0 Å². The fourth-order valence-corrected chi connectivity index (χ4v) is 2.73. The summed E-state index contributed by atoms with van der Waals surface area (Å²) in [6.45, 7) is 4.89. The molecule has 2 aromatic rings. The second-order valence-corrected chi connectivity index (χ2v) is 7.09. The lowest BCUT2D eigenvalue weighted by molar-refractivity contribution is -0.137. The SMILES string of the molecule is CCNC(=NCC(C)(O)c1ccccc1)NCCNC(=O)c1ccc(C(F)(F)F)cc1. The molecule has 0 radical (unpaired) electrons. The Morgan fingerprint density at radius 3 is 2.13 bits per heavy atom. The van der Waals surface area contributed by atoms with Gasteiger partial charge in [0.05, 0.1) is 12.1 Å². The summed E-state index contributed by atoms with van der Waals surface area (Å²) >= 11 is 0. The van der Waals surface area contributed by atoms with Crippen LogP contribution in [0, 0.1) is 0 Å². The van der Waals surface area contributed by atoms with E-state index in [9.17, 15) is 23.1 Å². The molecule has 0 heterocycles. The van der Waals surface area contributed by atoms with Crippen molar-refractivity contribution in [2.24, 2.45) is 4.99 Å². The van der Waals surface area contributed by atoms with Crippen molar-refractivity contribution in [2.45, 2.75) is 25.6 Å². The quantitative estimate of drug-likeness (QED) is 0.291. The molecule has 2 rings (SSSR count). The van der Waals surface area contributed by atoms with Crippen LogP contribution >= 0.6 is 0 Å². The molecule has 0 spiro atoms. The minimum absolute atomic E-state index is 0.129. The number of aliphatic hydroxyl groups is 1. The van der Waals surface area contributed by atoms with E-state index in [1.165, 1.54) is 0 Å². The van der Waals surface area contributed by atoms with E-state index in [2.05, 4.69) is 20.9 Å². The monoisotopic (exact) mass is 436 g/mol. The number of carbonyl (C=O) groups excluding carboxylic acids is 1. The standard InChI is InChI=1S/C22H27F3N4O2/c1-3-26-20(29-15-21(2,31)17-7-5-4-6-8-17)28-14-13-27-19(30)16-9-11-18(12-10-16)22(23,24)25/h4-12,31H,3,13-15H2,1-2H3,(H,27,30)(H2,26,28,29). The Bertz CT molecular complexity index is 867. The second kappa shape index (κ2) is 10.8. The summed E-state index contributed by atoms with van der Waals surface area (Å²) < 4.78 is 37.8. The number of hydrogen-bond acceptors (Lipinski definition) is 3. The van der Waals surface area contributed by atoms with Crippen LogP contribution in [0.2, 0.25) is 0 Å². The van der Waals surface area contributed by atoms with Crippen LogP contribution < -0.4 is 16.0 Å². The molecule has 0 aromatic heterocycles. The summed E-state index contributed by atoms with van der Waals surface area (Å²) in [5.41, 5.74) is -1.05. The number of aliphatic imine (C=N–C) groups is 1. The first-order chi connectivity index (χ1) is 14.6. The zero-order valence-corrected chi connectivity index (χ0v) is 17.5. The van der Waals surface area contributed by atoms with Crippen molar-refractivity contribution in [3.8, 4) is 0 Å². The van der Waals surface area contributed by atoms with Crippen LogP contribution in [-0.2, 0) is 11.8 Å². The number of amides is 1. The molecular formula is C22H27F3N4O2. The number of nitrogens with zero attached hydrogens (tertiary/aromatic N) is 1. The van der Waals surface area contributed by atoms with Crippen LogP contribution in [0.15, 0.2) is 59.6 Å². The van der Waals surface area contributed by atoms with E-state index >= 15 is 0 Å². The molecule has 1 amide bonds. The predicted molar refractivity (Wildman–Crippen MR) is 114 cm³/mol. The third kappa shape index (κ3) is 7.60. The number of halogens is 3. The average molecular weight is 436 g/mol. The van der Waals surface area contributed by atoms with E-state index in [1.54, 1.807) is 6.92 Å². The van der Waals surface area contributed by atoms with Crippen molar-refractivity contribution < 1.29 is 23.1 Å². The van der Waals surface area contributed by atoms with Gasteiger partial charge in [-0.15, -0.1) is 0 Å². The van der Waals surface area contributed by atoms with Crippen molar-refractivity contribution in [1.29, 1.82) is 0 Å².